The third kappa shape index (κ3) is 3.37. The highest BCUT2D eigenvalue weighted by Crippen LogP contribution is 2.38. The van der Waals surface area contributed by atoms with Crippen molar-refractivity contribution in [3.05, 3.63) is 35.0 Å². The average molecular weight is 334 g/mol. The Morgan fingerprint density at radius 3 is 2.74 bits per heavy atom. The van der Waals surface area contributed by atoms with E-state index in [2.05, 4.69) is 0 Å². The summed E-state index contributed by atoms with van der Waals surface area (Å²) in [6.45, 7) is 5.80. The highest BCUT2D eigenvalue weighted by molar-refractivity contribution is 8.13. The normalized spacial score (nSPS) is 18.0. The molecular weight excluding hydrogens is 312 g/mol. The van der Waals surface area contributed by atoms with Gasteiger partial charge in [0.2, 0.25) is 0 Å². The lowest BCUT2D eigenvalue weighted by atomic mass is 9.93. The topological polar surface area (TPSA) is 62.1 Å². The molecule has 124 valence electrons. The van der Waals surface area contributed by atoms with Crippen molar-refractivity contribution in [3.63, 3.8) is 0 Å². The number of allylic oxidation sites excluding steroid dienone is 1. The largest absolute Gasteiger partial charge is 0.504 e. The van der Waals surface area contributed by atoms with Crippen LogP contribution in [0.4, 0.5) is 0 Å². The lowest BCUT2D eigenvalue weighted by molar-refractivity contribution is -0.114. The summed E-state index contributed by atoms with van der Waals surface area (Å²) in [5, 5.41) is 10.7. The first-order valence-corrected chi connectivity index (χ1v) is 8.66. The highest BCUT2D eigenvalue weighted by atomic mass is 32.2. The molecule has 1 atom stereocenters. The molecule has 0 fully saturated rings. The Labute approximate surface area is 141 Å². The molecule has 1 aromatic carbocycles. The van der Waals surface area contributed by atoms with Gasteiger partial charge in [-0.15, -0.1) is 0 Å². The summed E-state index contributed by atoms with van der Waals surface area (Å²) in [7, 11) is 1.91. The van der Waals surface area contributed by atoms with E-state index in [4.69, 9.17) is 9.73 Å². The lowest BCUT2D eigenvalue weighted by Crippen LogP contribution is -2.31. The van der Waals surface area contributed by atoms with Gasteiger partial charge >= 0.3 is 0 Å². The molecule has 0 saturated heterocycles. The number of Topliss-reactive ketones (excluding diaryl/α,β-unsaturated/α-hetero) is 1. The third-order valence-electron chi connectivity index (χ3n) is 3.85. The number of aromatic hydroxyl groups is 1. The van der Waals surface area contributed by atoms with E-state index in [-0.39, 0.29) is 17.6 Å². The number of phenolic OH excluding ortho intramolecular Hbond substituents is 1. The van der Waals surface area contributed by atoms with Crippen LogP contribution in [-0.2, 0) is 4.79 Å². The first-order chi connectivity index (χ1) is 10.9. The van der Waals surface area contributed by atoms with Crippen molar-refractivity contribution in [3.8, 4) is 11.5 Å². The van der Waals surface area contributed by atoms with Gasteiger partial charge in [-0.05, 0) is 44.7 Å². The number of carbonyl (C=O) groups excluding carboxylic acids is 1. The lowest BCUT2D eigenvalue weighted by Gasteiger charge is -2.31. The van der Waals surface area contributed by atoms with Gasteiger partial charge in [-0.2, -0.15) is 0 Å². The second-order valence-corrected chi connectivity index (χ2v) is 6.07. The molecule has 0 radical (unpaired) electrons. The molecular formula is C17H22N2O3S. The molecule has 0 amide bonds. The maximum atomic E-state index is 12.2. The van der Waals surface area contributed by atoms with Crippen LogP contribution < -0.4 is 4.74 Å². The van der Waals surface area contributed by atoms with Crippen molar-refractivity contribution < 1.29 is 14.6 Å². The fourth-order valence-corrected chi connectivity index (χ4v) is 3.26. The standard InChI is InChI=1S/C17H22N2O3S/c1-6-22-14-9-12(7-8-13(14)21)16-15(11(3)20)10(2)19(4)17(18-16)23-5/h7-9,16,21H,6H2,1-5H3/t16-/m1/s1. The van der Waals surface area contributed by atoms with E-state index in [1.54, 1.807) is 25.1 Å². The first-order valence-electron chi connectivity index (χ1n) is 7.43. The van der Waals surface area contributed by atoms with E-state index in [9.17, 15) is 9.90 Å². The fourth-order valence-electron chi connectivity index (χ4n) is 2.63. The minimum atomic E-state index is -0.383. The van der Waals surface area contributed by atoms with Crippen molar-refractivity contribution in [2.45, 2.75) is 26.8 Å². The molecule has 1 aromatic rings. The van der Waals surface area contributed by atoms with Crippen LogP contribution in [-0.4, -0.2) is 40.9 Å². The minimum Gasteiger partial charge on any atom is -0.504 e. The molecule has 1 N–H and O–H groups in total. The number of aliphatic imine (C=N–C) groups is 1. The molecule has 1 aliphatic rings. The maximum Gasteiger partial charge on any atom is 0.163 e. The molecule has 0 aliphatic carbocycles. The van der Waals surface area contributed by atoms with Gasteiger partial charge in [-0.25, -0.2) is 4.99 Å². The zero-order valence-corrected chi connectivity index (χ0v) is 14.9. The van der Waals surface area contributed by atoms with E-state index >= 15 is 0 Å². The molecule has 1 heterocycles. The monoisotopic (exact) mass is 334 g/mol. The summed E-state index contributed by atoms with van der Waals surface area (Å²) < 4.78 is 5.45. The number of benzene rings is 1. The van der Waals surface area contributed by atoms with Gasteiger partial charge in [0.15, 0.2) is 22.4 Å². The summed E-state index contributed by atoms with van der Waals surface area (Å²) >= 11 is 1.54. The molecule has 0 spiro atoms. The molecule has 2 rings (SSSR count). The number of thioether (sulfide) groups is 1. The molecule has 1 aliphatic heterocycles. The average Bonchev–Trinajstić information content (AvgIpc) is 2.51. The van der Waals surface area contributed by atoms with Gasteiger partial charge < -0.3 is 14.7 Å². The molecule has 0 bridgehead atoms. The van der Waals surface area contributed by atoms with Crippen LogP contribution in [0, 0.1) is 0 Å². The Morgan fingerprint density at radius 1 is 1.48 bits per heavy atom. The van der Waals surface area contributed by atoms with E-state index in [0.717, 1.165) is 16.4 Å². The number of nitrogens with zero attached hydrogens (tertiary/aromatic N) is 2. The summed E-state index contributed by atoms with van der Waals surface area (Å²) in [5.41, 5.74) is 2.39. The number of ether oxygens (including phenoxy) is 1. The van der Waals surface area contributed by atoms with E-state index in [1.165, 1.54) is 11.8 Å². The Hall–Kier alpha value is -1.95. The molecule has 5 nitrogen and oxygen atoms in total. The Bertz CT molecular complexity index is 682. The van der Waals surface area contributed by atoms with Crippen molar-refractivity contribution in [1.82, 2.24) is 4.90 Å². The highest BCUT2D eigenvalue weighted by Gasteiger charge is 2.30. The van der Waals surface area contributed by atoms with Crippen LogP contribution in [0.3, 0.4) is 0 Å². The molecule has 23 heavy (non-hydrogen) atoms. The number of ketones is 1. The van der Waals surface area contributed by atoms with Gasteiger partial charge in [0.25, 0.3) is 0 Å². The van der Waals surface area contributed by atoms with Gasteiger partial charge in [-0.3, -0.25) is 4.79 Å². The molecule has 6 heteroatoms. The van der Waals surface area contributed by atoms with Gasteiger partial charge in [0, 0.05) is 18.3 Å². The second-order valence-electron chi connectivity index (χ2n) is 5.29. The summed E-state index contributed by atoms with van der Waals surface area (Å²) in [4.78, 5) is 18.8. The predicted molar refractivity (Wildman–Crippen MR) is 94.1 cm³/mol. The number of hydrogen-bond donors (Lipinski definition) is 1. The number of phenols is 1. The zero-order chi connectivity index (χ0) is 17.1. The minimum absolute atomic E-state index is 0.00529. The number of hydrogen-bond acceptors (Lipinski definition) is 6. The van der Waals surface area contributed by atoms with Crippen molar-refractivity contribution in [2.24, 2.45) is 4.99 Å². The van der Waals surface area contributed by atoms with Crippen molar-refractivity contribution >= 4 is 22.7 Å². The SMILES string of the molecule is CCOc1cc([C@H]2N=C(SC)N(C)C(C)=C2C(C)=O)ccc1O. The third-order valence-corrected chi connectivity index (χ3v) is 4.60. The number of amidine groups is 1. The summed E-state index contributed by atoms with van der Waals surface area (Å²) in [6, 6.07) is 4.74. The van der Waals surface area contributed by atoms with Crippen LogP contribution >= 0.6 is 11.8 Å². The summed E-state index contributed by atoms with van der Waals surface area (Å²) in [6.07, 6.45) is 1.96. The van der Waals surface area contributed by atoms with Gasteiger partial charge in [-0.1, -0.05) is 17.8 Å². The maximum absolute atomic E-state index is 12.2. The van der Waals surface area contributed by atoms with Crippen molar-refractivity contribution in [1.29, 1.82) is 0 Å². The van der Waals surface area contributed by atoms with Crippen LogP contribution in [0.25, 0.3) is 0 Å². The summed E-state index contributed by atoms with van der Waals surface area (Å²) in [5.74, 6) is 0.488. The first kappa shape index (κ1) is 17.4. The van der Waals surface area contributed by atoms with Crippen LogP contribution in [0.2, 0.25) is 0 Å². The quantitative estimate of drug-likeness (QED) is 0.915. The van der Waals surface area contributed by atoms with Crippen LogP contribution in [0.1, 0.15) is 32.4 Å². The number of rotatable bonds is 4. The Morgan fingerprint density at radius 2 is 2.17 bits per heavy atom. The van der Waals surface area contributed by atoms with Gasteiger partial charge in [0.1, 0.15) is 6.04 Å². The zero-order valence-electron chi connectivity index (χ0n) is 14.1. The molecule has 0 aromatic heterocycles. The van der Waals surface area contributed by atoms with E-state index < -0.39 is 0 Å². The Kier molecular flexibility index (Phi) is 5.36. The Balaban J connectivity index is 2.56. The molecule has 0 saturated carbocycles. The van der Waals surface area contributed by atoms with Crippen LogP contribution in [0.5, 0.6) is 11.5 Å². The molecule has 0 unspecified atom stereocenters. The van der Waals surface area contributed by atoms with E-state index in [1.807, 2.05) is 32.1 Å². The second kappa shape index (κ2) is 7.08. The van der Waals surface area contributed by atoms with Gasteiger partial charge in [0.05, 0.1) is 6.61 Å². The predicted octanol–water partition coefficient (Wildman–Crippen LogP) is 3.36. The van der Waals surface area contributed by atoms with Crippen LogP contribution in [0.15, 0.2) is 34.5 Å². The van der Waals surface area contributed by atoms with Crippen molar-refractivity contribution in [2.75, 3.05) is 19.9 Å². The van der Waals surface area contributed by atoms with E-state index in [0.29, 0.717) is 17.9 Å². The number of carbonyl (C=O) groups is 1. The smallest absolute Gasteiger partial charge is 0.163 e. The fraction of sp³-hybridized carbons (Fsp3) is 0.412.